The molecule has 2 rings (SSSR count). The molecule has 0 aliphatic rings. The van der Waals surface area contributed by atoms with Crippen molar-refractivity contribution in [3.05, 3.63) is 52.0 Å². The Labute approximate surface area is 157 Å². The van der Waals surface area contributed by atoms with Crippen LogP contribution in [0.15, 0.2) is 40.9 Å². The van der Waals surface area contributed by atoms with Gasteiger partial charge in [-0.1, -0.05) is 28.1 Å². The Kier molecular flexibility index (Phi) is 6.70. The summed E-state index contributed by atoms with van der Waals surface area (Å²) >= 11 is 3.48. The number of carbonyl (C=O) groups is 1. The van der Waals surface area contributed by atoms with Gasteiger partial charge < -0.3 is 19.7 Å². The summed E-state index contributed by atoms with van der Waals surface area (Å²) < 4.78 is 11.4. The lowest BCUT2D eigenvalue weighted by Gasteiger charge is -2.13. The second-order valence-corrected chi connectivity index (χ2v) is 6.67. The van der Waals surface area contributed by atoms with Gasteiger partial charge in [0.05, 0.1) is 20.6 Å². The van der Waals surface area contributed by atoms with Gasteiger partial charge in [0.1, 0.15) is 0 Å². The second kappa shape index (κ2) is 8.76. The Morgan fingerprint density at radius 1 is 1.08 bits per heavy atom. The summed E-state index contributed by atoms with van der Waals surface area (Å²) in [5.41, 5.74) is 3.03. The van der Waals surface area contributed by atoms with Crippen molar-refractivity contribution in [3.63, 3.8) is 0 Å². The van der Waals surface area contributed by atoms with E-state index in [0.717, 1.165) is 21.3 Å². The van der Waals surface area contributed by atoms with E-state index in [9.17, 15) is 4.79 Å². The molecular weight excluding hydrogens is 384 g/mol. The van der Waals surface area contributed by atoms with Gasteiger partial charge in [-0.15, -0.1) is 0 Å². The molecule has 0 unspecified atom stereocenters. The van der Waals surface area contributed by atoms with Crippen LogP contribution >= 0.6 is 15.9 Å². The van der Waals surface area contributed by atoms with Gasteiger partial charge in [-0.2, -0.15) is 0 Å². The summed E-state index contributed by atoms with van der Waals surface area (Å²) in [4.78, 5) is 14.3. The first-order valence-electron chi connectivity index (χ1n) is 7.88. The summed E-state index contributed by atoms with van der Waals surface area (Å²) in [5.74, 6) is 1.18. The quantitative estimate of drug-likeness (QED) is 0.765. The van der Waals surface area contributed by atoms with Crippen LogP contribution in [0.25, 0.3) is 0 Å². The van der Waals surface area contributed by atoms with Crippen molar-refractivity contribution in [1.29, 1.82) is 0 Å². The molecular formula is C19H23BrN2O3. The maximum absolute atomic E-state index is 12.3. The van der Waals surface area contributed by atoms with Gasteiger partial charge in [-0.05, 0) is 35.4 Å². The predicted molar refractivity (Wildman–Crippen MR) is 104 cm³/mol. The molecule has 0 spiro atoms. The Bertz CT molecular complexity index is 730. The highest BCUT2D eigenvalue weighted by Gasteiger charge is 2.12. The average molecular weight is 407 g/mol. The standard InChI is InChI=1S/C19H23BrN2O3/c1-22(2)15-7-5-13(6-8-15)12-21-19(23)10-14-9-17(24-3)18(25-4)11-16(14)20/h5-9,11H,10,12H2,1-4H3,(H,21,23). The number of nitrogens with one attached hydrogen (secondary N) is 1. The van der Waals surface area contributed by atoms with Crippen molar-refractivity contribution in [2.24, 2.45) is 0 Å². The van der Waals surface area contributed by atoms with Crippen LogP contribution in [0.5, 0.6) is 11.5 Å². The highest BCUT2D eigenvalue weighted by molar-refractivity contribution is 9.10. The molecule has 1 amide bonds. The van der Waals surface area contributed by atoms with E-state index in [1.165, 1.54) is 0 Å². The monoisotopic (exact) mass is 406 g/mol. The number of methoxy groups -OCH3 is 2. The lowest BCUT2D eigenvalue weighted by molar-refractivity contribution is -0.120. The number of hydrogen-bond donors (Lipinski definition) is 1. The lowest BCUT2D eigenvalue weighted by atomic mass is 10.1. The number of nitrogens with zero attached hydrogens (tertiary/aromatic N) is 1. The molecule has 0 aliphatic heterocycles. The van der Waals surface area contributed by atoms with E-state index in [4.69, 9.17) is 9.47 Å². The van der Waals surface area contributed by atoms with E-state index in [-0.39, 0.29) is 12.3 Å². The van der Waals surface area contributed by atoms with E-state index in [2.05, 4.69) is 21.2 Å². The maximum Gasteiger partial charge on any atom is 0.224 e. The third-order valence-corrected chi connectivity index (χ3v) is 4.58. The lowest BCUT2D eigenvalue weighted by Crippen LogP contribution is -2.24. The van der Waals surface area contributed by atoms with Crippen LogP contribution in [0.1, 0.15) is 11.1 Å². The molecule has 134 valence electrons. The Morgan fingerprint density at radius 2 is 1.68 bits per heavy atom. The third kappa shape index (κ3) is 5.13. The molecule has 0 bridgehead atoms. The number of halogens is 1. The summed E-state index contributed by atoms with van der Waals surface area (Å²) in [6.07, 6.45) is 0.261. The Morgan fingerprint density at radius 3 is 2.24 bits per heavy atom. The van der Waals surface area contributed by atoms with Gasteiger partial charge in [-0.3, -0.25) is 4.79 Å². The second-order valence-electron chi connectivity index (χ2n) is 5.81. The topological polar surface area (TPSA) is 50.8 Å². The first-order chi connectivity index (χ1) is 11.9. The van der Waals surface area contributed by atoms with Gasteiger partial charge >= 0.3 is 0 Å². The Balaban J connectivity index is 1.98. The molecule has 2 aromatic rings. The van der Waals surface area contributed by atoms with Gasteiger partial charge in [0.2, 0.25) is 5.91 Å². The fourth-order valence-electron chi connectivity index (χ4n) is 2.38. The number of carbonyl (C=O) groups excluding carboxylic acids is 1. The molecule has 0 atom stereocenters. The molecule has 0 fully saturated rings. The molecule has 1 N–H and O–H groups in total. The van der Waals surface area contributed by atoms with Crippen LogP contribution in [-0.4, -0.2) is 34.2 Å². The van der Waals surface area contributed by atoms with Crippen LogP contribution in [0.4, 0.5) is 5.69 Å². The molecule has 0 saturated heterocycles. The Hall–Kier alpha value is -2.21. The molecule has 2 aromatic carbocycles. The summed E-state index contributed by atoms with van der Waals surface area (Å²) in [6, 6.07) is 11.7. The summed E-state index contributed by atoms with van der Waals surface area (Å²) in [5, 5.41) is 2.94. The van der Waals surface area contributed by atoms with Crippen molar-refractivity contribution < 1.29 is 14.3 Å². The van der Waals surface area contributed by atoms with Crippen molar-refractivity contribution in [2.75, 3.05) is 33.2 Å². The number of amides is 1. The zero-order valence-electron chi connectivity index (χ0n) is 14.9. The first kappa shape index (κ1) is 19.1. The van der Waals surface area contributed by atoms with Crippen LogP contribution < -0.4 is 19.7 Å². The van der Waals surface area contributed by atoms with Crippen LogP contribution in [-0.2, 0) is 17.8 Å². The number of hydrogen-bond acceptors (Lipinski definition) is 4. The van der Waals surface area contributed by atoms with Gasteiger partial charge in [0.25, 0.3) is 0 Å². The van der Waals surface area contributed by atoms with Gasteiger partial charge in [-0.25, -0.2) is 0 Å². The zero-order chi connectivity index (χ0) is 18.4. The van der Waals surface area contributed by atoms with Crippen molar-refractivity contribution >= 4 is 27.5 Å². The molecule has 6 heteroatoms. The minimum Gasteiger partial charge on any atom is -0.493 e. The normalized spacial score (nSPS) is 10.3. The van der Waals surface area contributed by atoms with Gasteiger partial charge in [0.15, 0.2) is 11.5 Å². The number of benzene rings is 2. The van der Waals surface area contributed by atoms with Crippen molar-refractivity contribution in [1.82, 2.24) is 5.32 Å². The molecule has 0 aliphatic carbocycles. The zero-order valence-corrected chi connectivity index (χ0v) is 16.5. The van der Waals surface area contributed by atoms with Crippen LogP contribution in [0.3, 0.4) is 0 Å². The summed E-state index contributed by atoms with van der Waals surface area (Å²) in [6.45, 7) is 0.497. The molecule has 5 nitrogen and oxygen atoms in total. The number of anilines is 1. The number of ether oxygens (including phenoxy) is 2. The van der Waals surface area contributed by atoms with Gasteiger partial charge in [0, 0.05) is 30.8 Å². The van der Waals surface area contributed by atoms with E-state index in [1.54, 1.807) is 20.3 Å². The van der Waals surface area contributed by atoms with E-state index in [0.29, 0.717) is 18.0 Å². The van der Waals surface area contributed by atoms with Crippen LogP contribution in [0, 0.1) is 0 Å². The van der Waals surface area contributed by atoms with Crippen LogP contribution in [0.2, 0.25) is 0 Å². The molecule has 0 heterocycles. The SMILES string of the molecule is COc1cc(Br)c(CC(=O)NCc2ccc(N(C)C)cc2)cc1OC. The summed E-state index contributed by atoms with van der Waals surface area (Å²) in [7, 11) is 7.15. The van der Waals surface area contributed by atoms with Crippen molar-refractivity contribution in [3.8, 4) is 11.5 Å². The molecule has 0 saturated carbocycles. The van der Waals surface area contributed by atoms with E-state index < -0.39 is 0 Å². The predicted octanol–water partition coefficient (Wildman–Crippen LogP) is 3.39. The largest absolute Gasteiger partial charge is 0.493 e. The van der Waals surface area contributed by atoms with Crippen molar-refractivity contribution in [2.45, 2.75) is 13.0 Å². The third-order valence-electron chi connectivity index (χ3n) is 3.85. The van der Waals surface area contributed by atoms with E-state index in [1.807, 2.05) is 49.3 Å². The highest BCUT2D eigenvalue weighted by Crippen LogP contribution is 2.33. The minimum absolute atomic E-state index is 0.0513. The molecule has 25 heavy (non-hydrogen) atoms. The first-order valence-corrected chi connectivity index (χ1v) is 8.67. The number of rotatable bonds is 7. The molecule has 0 radical (unpaired) electrons. The smallest absolute Gasteiger partial charge is 0.224 e. The minimum atomic E-state index is -0.0513. The fourth-order valence-corrected chi connectivity index (χ4v) is 2.84. The molecule has 0 aromatic heterocycles. The maximum atomic E-state index is 12.3. The highest BCUT2D eigenvalue weighted by atomic mass is 79.9. The van der Waals surface area contributed by atoms with E-state index >= 15 is 0 Å². The average Bonchev–Trinajstić information content (AvgIpc) is 2.61. The fraction of sp³-hybridized carbons (Fsp3) is 0.316.